The summed E-state index contributed by atoms with van der Waals surface area (Å²) in [6.45, 7) is 0.435. The van der Waals surface area contributed by atoms with Gasteiger partial charge in [-0.05, 0) is 17.7 Å². The van der Waals surface area contributed by atoms with Crippen molar-refractivity contribution in [2.24, 2.45) is 0 Å². The van der Waals surface area contributed by atoms with E-state index in [2.05, 4.69) is 15.3 Å². The number of ether oxygens (including phenoxy) is 3. The van der Waals surface area contributed by atoms with Crippen LogP contribution in [0.2, 0.25) is 0 Å². The summed E-state index contributed by atoms with van der Waals surface area (Å²) in [5, 5.41) is 12.1. The highest BCUT2D eigenvalue weighted by molar-refractivity contribution is 5.55. The van der Waals surface area contributed by atoms with E-state index in [-0.39, 0.29) is 5.69 Å². The van der Waals surface area contributed by atoms with Crippen molar-refractivity contribution in [2.75, 3.05) is 26.6 Å². The zero-order chi connectivity index (χ0) is 15.9. The number of rotatable bonds is 6. The van der Waals surface area contributed by atoms with Crippen LogP contribution >= 0.6 is 0 Å². The fourth-order valence-corrected chi connectivity index (χ4v) is 1.97. The summed E-state index contributed by atoms with van der Waals surface area (Å²) in [7, 11) is 4.67. The average Bonchev–Trinajstić information content (AvgIpc) is 2.58. The number of hydrogen-bond donors (Lipinski definition) is 1. The van der Waals surface area contributed by atoms with Crippen molar-refractivity contribution in [3.63, 3.8) is 0 Å². The lowest BCUT2D eigenvalue weighted by Crippen LogP contribution is -2.05. The van der Waals surface area contributed by atoms with E-state index in [4.69, 9.17) is 19.5 Å². The van der Waals surface area contributed by atoms with E-state index in [1.54, 1.807) is 21.3 Å². The van der Waals surface area contributed by atoms with Crippen LogP contribution in [0.4, 0.5) is 5.82 Å². The monoisotopic (exact) mass is 300 g/mol. The number of nitrogens with one attached hydrogen (secondary N) is 1. The lowest BCUT2D eigenvalue weighted by Gasteiger charge is -2.14. The van der Waals surface area contributed by atoms with Gasteiger partial charge in [-0.2, -0.15) is 5.26 Å². The van der Waals surface area contributed by atoms with Gasteiger partial charge in [0.15, 0.2) is 23.0 Å². The smallest absolute Gasteiger partial charge is 0.203 e. The van der Waals surface area contributed by atoms with Crippen LogP contribution in [-0.2, 0) is 6.54 Å². The molecule has 0 amide bonds. The quantitative estimate of drug-likeness (QED) is 0.872. The van der Waals surface area contributed by atoms with Crippen molar-refractivity contribution < 1.29 is 14.2 Å². The minimum atomic E-state index is 0.245. The number of hydrogen-bond acceptors (Lipinski definition) is 7. The van der Waals surface area contributed by atoms with Crippen LogP contribution in [0.5, 0.6) is 17.2 Å². The Balaban J connectivity index is 2.25. The Labute approximate surface area is 128 Å². The second-order valence-electron chi connectivity index (χ2n) is 4.25. The molecule has 2 rings (SSSR count). The summed E-state index contributed by atoms with van der Waals surface area (Å²) in [6.07, 6.45) is 3.00. The number of anilines is 1. The molecule has 1 aromatic carbocycles. The summed E-state index contributed by atoms with van der Waals surface area (Å²) >= 11 is 0. The lowest BCUT2D eigenvalue weighted by atomic mass is 10.1. The molecule has 0 bridgehead atoms. The van der Waals surface area contributed by atoms with Crippen LogP contribution in [0, 0.1) is 11.3 Å². The SMILES string of the molecule is COc1cc(CNc2nccnc2C#N)cc(OC)c1OC. The van der Waals surface area contributed by atoms with Gasteiger partial charge in [0.1, 0.15) is 6.07 Å². The van der Waals surface area contributed by atoms with Crippen LogP contribution in [-0.4, -0.2) is 31.3 Å². The molecule has 0 saturated heterocycles. The number of methoxy groups -OCH3 is 3. The number of benzene rings is 1. The van der Waals surface area contributed by atoms with Crippen molar-refractivity contribution in [1.29, 1.82) is 5.26 Å². The first-order valence-corrected chi connectivity index (χ1v) is 6.47. The summed E-state index contributed by atoms with van der Waals surface area (Å²) in [5.41, 5.74) is 1.14. The Morgan fingerprint density at radius 1 is 1.05 bits per heavy atom. The van der Waals surface area contributed by atoms with Gasteiger partial charge in [0, 0.05) is 18.9 Å². The molecule has 0 fully saturated rings. The second-order valence-corrected chi connectivity index (χ2v) is 4.25. The predicted octanol–water partition coefficient (Wildman–Crippen LogP) is 1.99. The van der Waals surface area contributed by atoms with Crippen LogP contribution in [0.15, 0.2) is 24.5 Å². The lowest BCUT2D eigenvalue weighted by molar-refractivity contribution is 0.324. The van der Waals surface area contributed by atoms with E-state index in [0.717, 1.165) is 5.56 Å². The maximum absolute atomic E-state index is 9.00. The van der Waals surface area contributed by atoms with Crippen molar-refractivity contribution in [3.8, 4) is 23.3 Å². The fraction of sp³-hybridized carbons (Fsp3) is 0.267. The molecule has 1 heterocycles. The Bertz CT molecular complexity index is 672. The maximum Gasteiger partial charge on any atom is 0.203 e. The van der Waals surface area contributed by atoms with Crippen molar-refractivity contribution in [3.05, 3.63) is 35.8 Å². The summed E-state index contributed by atoms with van der Waals surface area (Å²) in [4.78, 5) is 8.05. The molecule has 0 spiro atoms. The predicted molar refractivity (Wildman–Crippen MR) is 80.2 cm³/mol. The number of nitrogens with zero attached hydrogens (tertiary/aromatic N) is 3. The second kappa shape index (κ2) is 7.13. The largest absolute Gasteiger partial charge is 0.493 e. The molecule has 0 atom stereocenters. The highest BCUT2D eigenvalue weighted by atomic mass is 16.5. The van der Waals surface area contributed by atoms with Crippen LogP contribution in [0.25, 0.3) is 0 Å². The Kier molecular flexibility index (Phi) is 4.98. The molecule has 7 heteroatoms. The van der Waals surface area contributed by atoms with Gasteiger partial charge in [0.25, 0.3) is 0 Å². The van der Waals surface area contributed by atoms with Gasteiger partial charge in [-0.1, -0.05) is 0 Å². The minimum absolute atomic E-state index is 0.245. The van der Waals surface area contributed by atoms with Gasteiger partial charge in [0.05, 0.1) is 21.3 Å². The topological polar surface area (TPSA) is 89.3 Å². The summed E-state index contributed by atoms with van der Waals surface area (Å²) in [6, 6.07) is 5.65. The zero-order valence-electron chi connectivity index (χ0n) is 12.6. The molecule has 0 unspecified atom stereocenters. The molecule has 0 aliphatic heterocycles. The third kappa shape index (κ3) is 3.17. The molecule has 1 aromatic heterocycles. The molecule has 2 aromatic rings. The van der Waals surface area contributed by atoms with E-state index >= 15 is 0 Å². The van der Waals surface area contributed by atoms with E-state index < -0.39 is 0 Å². The molecule has 0 aliphatic rings. The molecular formula is C15H16N4O3. The minimum Gasteiger partial charge on any atom is -0.493 e. The first-order valence-electron chi connectivity index (χ1n) is 6.47. The van der Waals surface area contributed by atoms with Crippen LogP contribution in [0.1, 0.15) is 11.3 Å². The maximum atomic E-state index is 9.00. The van der Waals surface area contributed by atoms with Gasteiger partial charge in [0.2, 0.25) is 5.75 Å². The first-order chi connectivity index (χ1) is 10.7. The molecule has 1 N–H and O–H groups in total. The van der Waals surface area contributed by atoms with Crippen molar-refractivity contribution in [1.82, 2.24) is 9.97 Å². The zero-order valence-corrected chi connectivity index (χ0v) is 12.6. The summed E-state index contributed by atoms with van der Waals surface area (Å²) in [5.74, 6) is 2.10. The Hall–Kier alpha value is -3.01. The van der Waals surface area contributed by atoms with Gasteiger partial charge in [-0.3, -0.25) is 0 Å². The Morgan fingerprint density at radius 2 is 1.68 bits per heavy atom. The van der Waals surface area contributed by atoms with Gasteiger partial charge < -0.3 is 19.5 Å². The van der Waals surface area contributed by atoms with Crippen LogP contribution in [0.3, 0.4) is 0 Å². The van der Waals surface area contributed by atoms with E-state index in [1.165, 1.54) is 12.4 Å². The number of aromatic nitrogens is 2. The van der Waals surface area contributed by atoms with E-state index in [9.17, 15) is 0 Å². The molecular weight excluding hydrogens is 284 g/mol. The fourth-order valence-electron chi connectivity index (χ4n) is 1.97. The molecule has 7 nitrogen and oxygen atoms in total. The van der Waals surface area contributed by atoms with E-state index in [1.807, 2.05) is 18.2 Å². The van der Waals surface area contributed by atoms with Gasteiger partial charge >= 0.3 is 0 Å². The van der Waals surface area contributed by atoms with Gasteiger partial charge in [-0.25, -0.2) is 9.97 Å². The highest BCUT2D eigenvalue weighted by Gasteiger charge is 2.13. The highest BCUT2D eigenvalue weighted by Crippen LogP contribution is 2.38. The third-order valence-electron chi connectivity index (χ3n) is 2.99. The third-order valence-corrected chi connectivity index (χ3v) is 2.99. The molecule has 0 saturated carbocycles. The normalized spacial score (nSPS) is 9.73. The van der Waals surface area contributed by atoms with Crippen LogP contribution < -0.4 is 19.5 Å². The molecule has 22 heavy (non-hydrogen) atoms. The standard InChI is InChI=1S/C15H16N4O3/c1-20-12-6-10(7-13(21-2)14(12)22-3)9-19-15-11(8-16)17-4-5-18-15/h4-7H,9H2,1-3H3,(H,18,19). The van der Waals surface area contributed by atoms with Crippen molar-refractivity contribution in [2.45, 2.75) is 6.54 Å². The number of nitriles is 1. The molecule has 0 radical (unpaired) electrons. The van der Waals surface area contributed by atoms with Gasteiger partial charge in [-0.15, -0.1) is 0 Å². The first kappa shape index (κ1) is 15.4. The average molecular weight is 300 g/mol. The molecule has 114 valence electrons. The summed E-state index contributed by atoms with van der Waals surface area (Å²) < 4.78 is 15.9. The Morgan fingerprint density at radius 3 is 2.23 bits per heavy atom. The molecule has 0 aliphatic carbocycles. The van der Waals surface area contributed by atoms with E-state index in [0.29, 0.717) is 29.6 Å². The van der Waals surface area contributed by atoms with Crippen molar-refractivity contribution >= 4 is 5.82 Å².